The minimum atomic E-state index is -0.421. The van der Waals surface area contributed by atoms with E-state index in [0.29, 0.717) is 47.9 Å². The minimum absolute atomic E-state index is 0.0207. The summed E-state index contributed by atoms with van der Waals surface area (Å²) in [4.78, 5) is 15.4. The number of nitrogens with one attached hydrogen (secondary N) is 1. The summed E-state index contributed by atoms with van der Waals surface area (Å²) in [5, 5.41) is 16.1. The highest BCUT2D eigenvalue weighted by Crippen LogP contribution is 2.34. The van der Waals surface area contributed by atoms with Crippen molar-refractivity contribution >= 4 is 33.9 Å². The molecule has 2 unspecified atom stereocenters. The van der Waals surface area contributed by atoms with E-state index in [4.69, 9.17) is 21.1 Å². The number of benzene rings is 2. The van der Waals surface area contributed by atoms with E-state index >= 15 is 0 Å². The van der Waals surface area contributed by atoms with E-state index in [9.17, 15) is 10.1 Å². The zero-order valence-corrected chi connectivity index (χ0v) is 17.0. The summed E-state index contributed by atoms with van der Waals surface area (Å²) in [5.74, 6) is 0. The molecule has 8 heteroatoms. The van der Waals surface area contributed by atoms with Crippen molar-refractivity contribution in [2.24, 2.45) is 0 Å². The van der Waals surface area contributed by atoms with Crippen LogP contribution in [0.2, 0.25) is 5.02 Å². The summed E-state index contributed by atoms with van der Waals surface area (Å²) >= 11 is 6.13. The van der Waals surface area contributed by atoms with Gasteiger partial charge in [0, 0.05) is 23.1 Å². The first-order valence-electron chi connectivity index (χ1n) is 9.82. The zero-order chi connectivity index (χ0) is 20.9. The molecule has 1 N–H and O–H groups in total. The van der Waals surface area contributed by atoms with Gasteiger partial charge < -0.3 is 14.8 Å². The Labute approximate surface area is 179 Å². The Morgan fingerprint density at radius 1 is 1.27 bits per heavy atom. The van der Waals surface area contributed by atoms with Crippen LogP contribution in [0.25, 0.3) is 10.9 Å². The Balaban J connectivity index is 1.46. The van der Waals surface area contributed by atoms with Crippen LogP contribution in [-0.4, -0.2) is 35.3 Å². The molecule has 0 aliphatic carbocycles. The fraction of sp³-hybridized carbons (Fsp3) is 0.318. The van der Waals surface area contributed by atoms with Gasteiger partial charge in [0.1, 0.15) is 11.9 Å². The first-order chi connectivity index (χ1) is 14.6. The SMILES string of the molecule is O=[N+]([O-])c1cnc2ccc(Cl)cc2c1NC1CCOC(COCc2ccccc2)C1. The Bertz CT molecular complexity index is 1030. The van der Waals surface area contributed by atoms with E-state index in [1.807, 2.05) is 30.3 Å². The molecule has 4 rings (SSSR count). The van der Waals surface area contributed by atoms with Gasteiger partial charge >= 0.3 is 5.69 Å². The average molecular weight is 428 g/mol. The number of halogens is 1. The predicted octanol–water partition coefficient (Wildman–Crippen LogP) is 4.97. The van der Waals surface area contributed by atoms with Crippen molar-refractivity contribution in [3.63, 3.8) is 0 Å². The average Bonchev–Trinajstić information content (AvgIpc) is 2.75. The topological polar surface area (TPSA) is 86.5 Å². The molecule has 30 heavy (non-hydrogen) atoms. The van der Waals surface area contributed by atoms with Gasteiger partial charge in [-0.25, -0.2) is 4.98 Å². The Morgan fingerprint density at radius 3 is 2.90 bits per heavy atom. The highest BCUT2D eigenvalue weighted by atomic mass is 35.5. The van der Waals surface area contributed by atoms with Crippen LogP contribution in [0.1, 0.15) is 18.4 Å². The molecule has 0 radical (unpaired) electrons. The Hall–Kier alpha value is -2.74. The number of hydrogen-bond donors (Lipinski definition) is 1. The number of pyridine rings is 1. The first kappa shape index (κ1) is 20.5. The van der Waals surface area contributed by atoms with Crippen LogP contribution < -0.4 is 5.32 Å². The van der Waals surface area contributed by atoms with Gasteiger partial charge in [-0.3, -0.25) is 10.1 Å². The van der Waals surface area contributed by atoms with Gasteiger partial charge in [0.2, 0.25) is 0 Å². The first-order valence-corrected chi connectivity index (χ1v) is 10.2. The van der Waals surface area contributed by atoms with E-state index in [-0.39, 0.29) is 17.8 Å². The molecule has 2 atom stereocenters. The van der Waals surface area contributed by atoms with Crippen LogP contribution >= 0.6 is 11.6 Å². The third-order valence-electron chi connectivity index (χ3n) is 5.14. The van der Waals surface area contributed by atoms with E-state index in [1.165, 1.54) is 6.20 Å². The quantitative estimate of drug-likeness (QED) is 0.423. The summed E-state index contributed by atoms with van der Waals surface area (Å²) in [6.45, 7) is 1.56. The molecular weight excluding hydrogens is 406 g/mol. The van der Waals surface area contributed by atoms with Crippen LogP contribution in [0.15, 0.2) is 54.7 Å². The number of aromatic nitrogens is 1. The highest BCUT2D eigenvalue weighted by molar-refractivity contribution is 6.31. The zero-order valence-electron chi connectivity index (χ0n) is 16.3. The number of hydrogen-bond acceptors (Lipinski definition) is 6. The molecule has 0 amide bonds. The number of ether oxygens (including phenoxy) is 2. The largest absolute Gasteiger partial charge is 0.376 e. The summed E-state index contributed by atoms with van der Waals surface area (Å²) < 4.78 is 11.7. The molecule has 2 heterocycles. The molecule has 1 aliphatic rings. The van der Waals surface area contributed by atoms with Gasteiger partial charge in [-0.1, -0.05) is 41.9 Å². The van der Waals surface area contributed by atoms with Gasteiger partial charge in [-0.15, -0.1) is 0 Å². The van der Waals surface area contributed by atoms with Crippen molar-refractivity contribution in [3.05, 3.63) is 75.4 Å². The molecular formula is C22H22ClN3O4. The lowest BCUT2D eigenvalue weighted by Gasteiger charge is -2.30. The monoisotopic (exact) mass is 427 g/mol. The lowest BCUT2D eigenvalue weighted by Crippen LogP contribution is -2.36. The fourth-order valence-corrected chi connectivity index (χ4v) is 3.83. The normalized spacial score (nSPS) is 19.0. The van der Waals surface area contributed by atoms with Crippen LogP contribution in [0, 0.1) is 10.1 Å². The number of anilines is 1. The van der Waals surface area contributed by atoms with E-state index in [2.05, 4.69) is 10.3 Å². The van der Waals surface area contributed by atoms with Crippen molar-refractivity contribution in [2.75, 3.05) is 18.5 Å². The maximum absolute atomic E-state index is 11.6. The standard InChI is InChI=1S/C22H22ClN3O4/c23-16-6-7-20-19(10-16)22(21(12-24-20)26(27)28)25-17-8-9-30-18(11-17)14-29-13-15-4-2-1-3-5-15/h1-7,10,12,17-18H,8-9,11,13-14H2,(H,24,25). The fourth-order valence-electron chi connectivity index (χ4n) is 3.66. The third-order valence-corrected chi connectivity index (χ3v) is 5.37. The third kappa shape index (κ3) is 4.87. The Morgan fingerprint density at radius 2 is 2.10 bits per heavy atom. The molecule has 156 valence electrons. The van der Waals surface area contributed by atoms with Crippen molar-refractivity contribution < 1.29 is 14.4 Å². The summed E-state index contributed by atoms with van der Waals surface area (Å²) in [5.41, 5.74) is 2.15. The van der Waals surface area contributed by atoms with E-state index in [1.54, 1.807) is 18.2 Å². The van der Waals surface area contributed by atoms with Crippen LogP contribution in [0.4, 0.5) is 11.4 Å². The Kier molecular flexibility index (Phi) is 6.42. The lowest BCUT2D eigenvalue weighted by atomic mass is 10.0. The summed E-state index contributed by atoms with van der Waals surface area (Å²) in [6, 6.07) is 15.2. The van der Waals surface area contributed by atoms with Gasteiger partial charge in [0.25, 0.3) is 0 Å². The van der Waals surface area contributed by atoms with E-state index < -0.39 is 4.92 Å². The summed E-state index contributed by atoms with van der Waals surface area (Å²) in [6.07, 6.45) is 2.65. The van der Waals surface area contributed by atoms with Crippen molar-refractivity contribution in [2.45, 2.75) is 31.6 Å². The highest BCUT2D eigenvalue weighted by Gasteiger charge is 2.26. The predicted molar refractivity (Wildman–Crippen MR) is 116 cm³/mol. The molecule has 1 saturated heterocycles. The molecule has 2 aromatic carbocycles. The number of fused-ring (bicyclic) bond motifs is 1. The number of nitrogens with zero attached hydrogens (tertiary/aromatic N) is 2. The van der Waals surface area contributed by atoms with Crippen LogP contribution in [-0.2, 0) is 16.1 Å². The van der Waals surface area contributed by atoms with Gasteiger partial charge in [0.05, 0.1) is 29.8 Å². The molecule has 1 aliphatic heterocycles. The van der Waals surface area contributed by atoms with Gasteiger partial charge in [0.15, 0.2) is 0 Å². The maximum atomic E-state index is 11.6. The molecule has 3 aromatic rings. The molecule has 0 saturated carbocycles. The van der Waals surface area contributed by atoms with E-state index in [0.717, 1.165) is 12.0 Å². The maximum Gasteiger partial charge on any atom is 0.311 e. The van der Waals surface area contributed by atoms with Crippen molar-refractivity contribution in [1.29, 1.82) is 0 Å². The molecule has 1 aromatic heterocycles. The second kappa shape index (κ2) is 9.38. The second-order valence-corrected chi connectivity index (χ2v) is 7.73. The number of nitro groups is 1. The van der Waals surface area contributed by atoms with Crippen molar-refractivity contribution in [1.82, 2.24) is 4.98 Å². The lowest BCUT2D eigenvalue weighted by molar-refractivity contribution is -0.384. The molecule has 7 nitrogen and oxygen atoms in total. The number of rotatable bonds is 7. The van der Waals surface area contributed by atoms with Crippen molar-refractivity contribution in [3.8, 4) is 0 Å². The smallest absolute Gasteiger partial charge is 0.311 e. The molecule has 0 spiro atoms. The summed E-state index contributed by atoms with van der Waals surface area (Å²) in [7, 11) is 0. The van der Waals surface area contributed by atoms with Crippen LogP contribution in [0.5, 0.6) is 0 Å². The van der Waals surface area contributed by atoms with Crippen LogP contribution in [0.3, 0.4) is 0 Å². The van der Waals surface area contributed by atoms with Gasteiger partial charge in [-0.05, 0) is 36.6 Å². The van der Waals surface area contributed by atoms with Gasteiger partial charge in [-0.2, -0.15) is 0 Å². The second-order valence-electron chi connectivity index (χ2n) is 7.30. The molecule has 1 fully saturated rings. The molecule has 0 bridgehead atoms. The minimum Gasteiger partial charge on any atom is -0.376 e.